The summed E-state index contributed by atoms with van der Waals surface area (Å²) >= 11 is 0. The second-order valence-corrected chi connectivity index (χ2v) is 3.41. The Labute approximate surface area is 79.7 Å². The summed E-state index contributed by atoms with van der Waals surface area (Å²) in [6, 6.07) is -0.404. The number of aliphatic hydroxyl groups is 1. The number of carbonyl (C=O) groups is 1. The standard InChI is InChI=1S/C9H20N2O2/c1-4-8(10)9(13)11(3)6-5-7(2)12/h7-8,12H,4-6,10H2,1-3H3. The molecule has 0 aromatic rings. The lowest BCUT2D eigenvalue weighted by atomic mass is 10.2. The zero-order valence-electron chi connectivity index (χ0n) is 8.66. The average Bonchev–Trinajstić information content (AvgIpc) is 2.11. The number of hydrogen-bond acceptors (Lipinski definition) is 3. The third kappa shape index (κ3) is 4.85. The molecule has 0 saturated carbocycles. The van der Waals surface area contributed by atoms with Crippen LogP contribution in [-0.4, -0.2) is 41.7 Å². The molecule has 0 aliphatic heterocycles. The normalized spacial score (nSPS) is 15.2. The molecule has 3 N–H and O–H groups in total. The topological polar surface area (TPSA) is 66.6 Å². The summed E-state index contributed by atoms with van der Waals surface area (Å²) in [4.78, 5) is 13.0. The Morgan fingerprint density at radius 2 is 2.15 bits per heavy atom. The first-order valence-corrected chi connectivity index (χ1v) is 4.67. The Balaban J connectivity index is 3.82. The summed E-state index contributed by atoms with van der Waals surface area (Å²) in [6.45, 7) is 4.15. The Bertz CT molecular complexity index is 160. The quantitative estimate of drug-likeness (QED) is 0.636. The van der Waals surface area contributed by atoms with Crippen molar-refractivity contribution >= 4 is 5.91 Å². The molecule has 78 valence electrons. The minimum atomic E-state index is -0.404. The van der Waals surface area contributed by atoms with E-state index in [1.807, 2.05) is 6.92 Å². The van der Waals surface area contributed by atoms with E-state index in [4.69, 9.17) is 10.8 Å². The fourth-order valence-electron chi connectivity index (χ4n) is 0.948. The first-order chi connectivity index (χ1) is 5.99. The van der Waals surface area contributed by atoms with E-state index in [1.54, 1.807) is 18.9 Å². The number of aliphatic hydroxyl groups excluding tert-OH is 1. The maximum Gasteiger partial charge on any atom is 0.239 e. The largest absolute Gasteiger partial charge is 0.393 e. The van der Waals surface area contributed by atoms with Gasteiger partial charge < -0.3 is 15.7 Å². The fourth-order valence-corrected chi connectivity index (χ4v) is 0.948. The first kappa shape index (κ1) is 12.4. The van der Waals surface area contributed by atoms with E-state index >= 15 is 0 Å². The number of amides is 1. The molecule has 4 nitrogen and oxygen atoms in total. The molecule has 0 bridgehead atoms. The number of hydrogen-bond donors (Lipinski definition) is 2. The molecule has 0 radical (unpaired) electrons. The summed E-state index contributed by atoms with van der Waals surface area (Å²) in [5, 5.41) is 9.01. The van der Waals surface area contributed by atoms with Crippen LogP contribution in [0.15, 0.2) is 0 Å². The summed E-state index contributed by atoms with van der Waals surface area (Å²) < 4.78 is 0. The molecule has 1 amide bonds. The molecule has 0 fully saturated rings. The van der Waals surface area contributed by atoms with E-state index in [1.165, 1.54) is 0 Å². The number of nitrogens with two attached hydrogens (primary N) is 1. The van der Waals surface area contributed by atoms with Crippen molar-refractivity contribution in [2.45, 2.75) is 38.8 Å². The van der Waals surface area contributed by atoms with Crippen LogP contribution in [0.3, 0.4) is 0 Å². The van der Waals surface area contributed by atoms with Crippen LogP contribution in [0, 0.1) is 0 Å². The van der Waals surface area contributed by atoms with Crippen molar-refractivity contribution in [2.24, 2.45) is 5.73 Å². The monoisotopic (exact) mass is 188 g/mol. The van der Waals surface area contributed by atoms with Gasteiger partial charge in [-0.15, -0.1) is 0 Å². The van der Waals surface area contributed by atoms with Gasteiger partial charge >= 0.3 is 0 Å². The van der Waals surface area contributed by atoms with Crippen LogP contribution in [0.1, 0.15) is 26.7 Å². The van der Waals surface area contributed by atoms with E-state index in [-0.39, 0.29) is 12.0 Å². The highest BCUT2D eigenvalue weighted by Crippen LogP contribution is 1.97. The van der Waals surface area contributed by atoms with Gasteiger partial charge in [0.1, 0.15) is 0 Å². The number of rotatable bonds is 5. The smallest absolute Gasteiger partial charge is 0.239 e. The van der Waals surface area contributed by atoms with Gasteiger partial charge in [-0.3, -0.25) is 4.79 Å². The zero-order valence-corrected chi connectivity index (χ0v) is 8.66. The molecule has 0 saturated heterocycles. The maximum absolute atomic E-state index is 11.4. The van der Waals surface area contributed by atoms with Crippen LogP contribution in [0.4, 0.5) is 0 Å². The highest BCUT2D eigenvalue weighted by molar-refractivity contribution is 5.81. The summed E-state index contributed by atoms with van der Waals surface area (Å²) in [5.74, 6) is -0.0526. The van der Waals surface area contributed by atoms with Gasteiger partial charge in [-0.05, 0) is 19.8 Å². The van der Waals surface area contributed by atoms with Crippen molar-refractivity contribution in [2.75, 3.05) is 13.6 Å². The van der Waals surface area contributed by atoms with Gasteiger partial charge in [0.05, 0.1) is 12.1 Å². The summed E-state index contributed by atoms with van der Waals surface area (Å²) in [7, 11) is 1.71. The lowest BCUT2D eigenvalue weighted by Gasteiger charge is -2.21. The molecule has 0 spiro atoms. The van der Waals surface area contributed by atoms with Gasteiger partial charge in [0.25, 0.3) is 0 Å². The molecule has 0 heterocycles. The predicted octanol–water partition coefficient (Wildman–Crippen LogP) is -0.0470. The van der Waals surface area contributed by atoms with Crippen molar-refractivity contribution in [3.63, 3.8) is 0 Å². The third-order valence-electron chi connectivity index (χ3n) is 2.02. The molecular weight excluding hydrogens is 168 g/mol. The molecule has 0 aliphatic rings. The average molecular weight is 188 g/mol. The highest BCUT2D eigenvalue weighted by Gasteiger charge is 2.15. The lowest BCUT2D eigenvalue weighted by molar-refractivity contribution is -0.131. The minimum absolute atomic E-state index is 0.0526. The molecule has 13 heavy (non-hydrogen) atoms. The van der Waals surface area contributed by atoms with E-state index in [0.29, 0.717) is 19.4 Å². The van der Waals surface area contributed by atoms with Crippen molar-refractivity contribution in [1.82, 2.24) is 4.90 Å². The molecule has 0 aliphatic carbocycles. The number of nitrogens with zero attached hydrogens (tertiary/aromatic N) is 1. The number of likely N-dealkylation sites (N-methyl/N-ethyl adjacent to an activating group) is 1. The highest BCUT2D eigenvalue weighted by atomic mass is 16.3. The van der Waals surface area contributed by atoms with Crippen molar-refractivity contribution in [3.8, 4) is 0 Å². The Morgan fingerprint density at radius 1 is 1.62 bits per heavy atom. The second kappa shape index (κ2) is 5.94. The van der Waals surface area contributed by atoms with Crippen LogP contribution in [-0.2, 0) is 4.79 Å². The van der Waals surface area contributed by atoms with Gasteiger partial charge in [-0.2, -0.15) is 0 Å². The van der Waals surface area contributed by atoms with Gasteiger partial charge in [0.2, 0.25) is 5.91 Å². The van der Waals surface area contributed by atoms with E-state index in [2.05, 4.69) is 0 Å². The third-order valence-corrected chi connectivity index (χ3v) is 2.02. The van der Waals surface area contributed by atoms with E-state index < -0.39 is 6.04 Å². The first-order valence-electron chi connectivity index (χ1n) is 4.67. The van der Waals surface area contributed by atoms with Crippen LogP contribution in [0.2, 0.25) is 0 Å². The molecule has 0 aromatic heterocycles. The summed E-state index contributed by atoms with van der Waals surface area (Å²) in [6.07, 6.45) is 0.879. The van der Waals surface area contributed by atoms with Crippen molar-refractivity contribution in [1.29, 1.82) is 0 Å². The van der Waals surface area contributed by atoms with E-state index in [0.717, 1.165) is 0 Å². The minimum Gasteiger partial charge on any atom is -0.393 e. The molecule has 2 unspecified atom stereocenters. The fraction of sp³-hybridized carbons (Fsp3) is 0.889. The Kier molecular flexibility index (Phi) is 5.66. The predicted molar refractivity (Wildman–Crippen MR) is 52.2 cm³/mol. The van der Waals surface area contributed by atoms with E-state index in [9.17, 15) is 4.79 Å². The lowest BCUT2D eigenvalue weighted by Crippen LogP contribution is -2.42. The van der Waals surface area contributed by atoms with Gasteiger partial charge in [0.15, 0.2) is 0 Å². The Morgan fingerprint density at radius 3 is 2.54 bits per heavy atom. The second-order valence-electron chi connectivity index (χ2n) is 3.41. The molecule has 0 aromatic carbocycles. The molecule has 2 atom stereocenters. The van der Waals surface area contributed by atoms with Gasteiger partial charge in [-0.25, -0.2) is 0 Å². The van der Waals surface area contributed by atoms with Crippen molar-refractivity contribution in [3.05, 3.63) is 0 Å². The summed E-state index contributed by atoms with van der Waals surface area (Å²) in [5.41, 5.74) is 5.57. The zero-order chi connectivity index (χ0) is 10.4. The Hall–Kier alpha value is -0.610. The molecular formula is C9H20N2O2. The van der Waals surface area contributed by atoms with Crippen LogP contribution in [0.25, 0.3) is 0 Å². The van der Waals surface area contributed by atoms with Gasteiger partial charge in [-0.1, -0.05) is 6.92 Å². The molecule has 0 rings (SSSR count). The van der Waals surface area contributed by atoms with Crippen LogP contribution in [0.5, 0.6) is 0 Å². The van der Waals surface area contributed by atoms with Crippen molar-refractivity contribution < 1.29 is 9.90 Å². The van der Waals surface area contributed by atoms with Crippen LogP contribution >= 0.6 is 0 Å². The maximum atomic E-state index is 11.4. The molecule has 4 heteroatoms. The SMILES string of the molecule is CCC(N)C(=O)N(C)CCC(C)O. The number of carbonyl (C=O) groups excluding carboxylic acids is 1. The van der Waals surface area contributed by atoms with Crippen LogP contribution < -0.4 is 5.73 Å². The van der Waals surface area contributed by atoms with Gasteiger partial charge in [0, 0.05) is 13.6 Å².